The van der Waals surface area contributed by atoms with Crippen LogP contribution in [0, 0.1) is 0 Å². The van der Waals surface area contributed by atoms with Gasteiger partial charge in [-0.1, -0.05) is 11.1 Å². The maximum Gasteiger partial charge on any atom is 0 e. The largest absolute Gasteiger partial charge is 0.100 e. The predicted molar refractivity (Wildman–Crippen MR) is 46.7 cm³/mol. The van der Waals surface area contributed by atoms with Gasteiger partial charge >= 0.3 is 0 Å². The Bertz CT molecular complexity index is 62.6. The average Bonchev–Trinajstić information content (AvgIpc) is 1.25. The fraction of sp³-hybridized carbons (Fsp3) is 0.500. The van der Waals surface area contributed by atoms with Gasteiger partial charge in [-0.3, -0.25) is 0 Å². The molecule has 0 aliphatic carbocycles. The monoisotopic (exact) mass is 135 g/mol. The van der Waals surface area contributed by atoms with Gasteiger partial charge in [-0.25, -0.2) is 0 Å². The van der Waals surface area contributed by atoms with E-state index in [2.05, 4.69) is 13.2 Å². The Labute approximate surface area is 81.3 Å². The Balaban J connectivity index is -0.0000000720. The van der Waals surface area contributed by atoms with Crippen LogP contribution >= 0.6 is 0 Å². The van der Waals surface area contributed by atoms with Gasteiger partial charge in [-0.2, -0.15) is 0 Å². The molecule has 0 aromatic rings. The van der Waals surface area contributed by atoms with Gasteiger partial charge < -0.3 is 0 Å². The van der Waals surface area contributed by atoms with Gasteiger partial charge in [-0.05, 0) is 27.7 Å². The minimum atomic E-state index is 0. The van der Waals surface area contributed by atoms with Crippen LogP contribution in [0.25, 0.3) is 0 Å². The molecule has 0 amide bonds. The molecule has 0 rings (SSSR count). The standard InChI is InChI=1S/2C4H8.Na/c2*1-4(2)3;/h2*1H2,2-3H3;. The fourth-order valence-electron chi connectivity index (χ4n) is 0. The first kappa shape index (κ1) is 16.2. The second kappa shape index (κ2) is 11.3. The van der Waals surface area contributed by atoms with E-state index in [0.29, 0.717) is 0 Å². The quantitative estimate of drug-likeness (QED) is 0.354. The van der Waals surface area contributed by atoms with E-state index in [0.717, 1.165) is 0 Å². The zero-order valence-corrected chi connectivity index (χ0v) is 9.41. The van der Waals surface area contributed by atoms with Crippen LogP contribution in [0.1, 0.15) is 27.7 Å². The predicted octanol–water partition coefficient (Wildman–Crippen LogP) is 2.78. The molecule has 0 N–H and O–H groups in total. The molecular weight excluding hydrogens is 119 g/mol. The van der Waals surface area contributed by atoms with Gasteiger partial charge in [0.1, 0.15) is 0 Å². The van der Waals surface area contributed by atoms with Crippen molar-refractivity contribution in [3.05, 3.63) is 24.3 Å². The summed E-state index contributed by atoms with van der Waals surface area (Å²) < 4.78 is 0. The van der Waals surface area contributed by atoms with E-state index < -0.39 is 0 Å². The first-order valence-corrected chi connectivity index (χ1v) is 2.71. The van der Waals surface area contributed by atoms with Crippen LogP contribution in [0.3, 0.4) is 0 Å². The van der Waals surface area contributed by atoms with Gasteiger partial charge in [0.25, 0.3) is 0 Å². The van der Waals surface area contributed by atoms with Gasteiger partial charge in [0.2, 0.25) is 0 Å². The zero-order valence-electron chi connectivity index (χ0n) is 7.41. The van der Waals surface area contributed by atoms with Crippen molar-refractivity contribution in [2.45, 2.75) is 27.7 Å². The SMILES string of the molecule is C=C(C)C.C=C(C)C.[Na]. The Hall–Kier alpha value is 0.480. The summed E-state index contributed by atoms with van der Waals surface area (Å²) >= 11 is 0. The van der Waals surface area contributed by atoms with Crippen LogP contribution in [0.15, 0.2) is 24.3 Å². The van der Waals surface area contributed by atoms with Crippen LogP contribution in [-0.2, 0) is 0 Å². The van der Waals surface area contributed by atoms with Gasteiger partial charge in [0, 0.05) is 29.6 Å². The molecule has 0 spiro atoms. The molecule has 0 atom stereocenters. The van der Waals surface area contributed by atoms with E-state index in [4.69, 9.17) is 0 Å². The van der Waals surface area contributed by atoms with Crippen molar-refractivity contribution in [3.8, 4) is 0 Å². The molecule has 0 saturated carbocycles. The maximum atomic E-state index is 3.56. The molecule has 0 aliphatic heterocycles. The van der Waals surface area contributed by atoms with E-state index in [1.165, 1.54) is 11.1 Å². The van der Waals surface area contributed by atoms with Crippen molar-refractivity contribution >= 4 is 29.6 Å². The first-order valence-electron chi connectivity index (χ1n) is 2.71. The second-order valence-electron chi connectivity index (χ2n) is 2.41. The van der Waals surface area contributed by atoms with Crippen LogP contribution in [-0.4, -0.2) is 29.6 Å². The third-order valence-electron chi connectivity index (χ3n) is 0. The molecule has 0 fully saturated rings. The minimum absolute atomic E-state index is 0. The summed E-state index contributed by atoms with van der Waals surface area (Å²) in [5.41, 5.74) is 2.33. The van der Waals surface area contributed by atoms with Crippen LogP contribution < -0.4 is 0 Å². The van der Waals surface area contributed by atoms with E-state index in [9.17, 15) is 0 Å². The fourth-order valence-corrected chi connectivity index (χ4v) is 0. The van der Waals surface area contributed by atoms with Gasteiger partial charge in [0.05, 0.1) is 0 Å². The maximum absolute atomic E-state index is 3.56. The minimum Gasteiger partial charge on any atom is -0.100 e. The van der Waals surface area contributed by atoms with Gasteiger partial charge in [-0.15, -0.1) is 13.2 Å². The number of rotatable bonds is 0. The Morgan fingerprint density at radius 2 is 0.778 bits per heavy atom. The molecule has 1 radical (unpaired) electrons. The van der Waals surface area contributed by atoms with E-state index in [-0.39, 0.29) is 29.6 Å². The van der Waals surface area contributed by atoms with Crippen molar-refractivity contribution in [2.75, 3.05) is 0 Å². The summed E-state index contributed by atoms with van der Waals surface area (Å²) in [5, 5.41) is 0. The zero-order chi connectivity index (χ0) is 7.15. The van der Waals surface area contributed by atoms with Gasteiger partial charge in [0.15, 0.2) is 0 Å². The third-order valence-corrected chi connectivity index (χ3v) is 0. The average molecular weight is 135 g/mol. The van der Waals surface area contributed by atoms with E-state index in [1.807, 2.05) is 27.7 Å². The van der Waals surface area contributed by atoms with E-state index in [1.54, 1.807) is 0 Å². The molecule has 49 valence electrons. The Morgan fingerprint density at radius 1 is 0.778 bits per heavy atom. The summed E-state index contributed by atoms with van der Waals surface area (Å²) in [6.45, 7) is 15.0. The third kappa shape index (κ3) is 1550. The summed E-state index contributed by atoms with van der Waals surface area (Å²) in [6, 6.07) is 0. The molecule has 1 heteroatoms. The topological polar surface area (TPSA) is 0 Å². The van der Waals surface area contributed by atoms with Crippen molar-refractivity contribution in [3.63, 3.8) is 0 Å². The van der Waals surface area contributed by atoms with Crippen LogP contribution in [0.2, 0.25) is 0 Å². The summed E-state index contributed by atoms with van der Waals surface area (Å²) in [7, 11) is 0. The normalized spacial score (nSPS) is 5.78. The van der Waals surface area contributed by atoms with Crippen molar-refractivity contribution in [2.24, 2.45) is 0 Å². The molecule has 0 saturated heterocycles. The Kier molecular flexibility index (Phi) is 20.4. The smallest absolute Gasteiger partial charge is 0 e. The summed E-state index contributed by atoms with van der Waals surface area (Å²) in [6.07, 6.45) is 0. The number of hydrogen-bond acceptors (Lipinski definition) is 0. The molecule has 0 bridgehead atoms. The molecule has 0 aromatic heterocycles. The van der Waals surface area contributed by atoms with Crippen molar-refractivity contribution < 1.29 is 0 Å². The molecule has 9 heavy (non-hydrogen) atoms. The van der Waals surface area contributed by atoms with Crippen molar-refractivity contribution in [1.29, 1.82) is 0 Å². The molecule has 0 aromatic carbocycles. The molecular formula is C8H16Na. The van der Waals surface area contributed by atoms with Crippen LogP contribution in [0.4, 0.5) is 0 Å². The molecule has 0 aliphatic rings. The number of hydrogen-bond donors (Lipinski definition) is 0. The molecule has 0 unspecified atom stereocenters. The Morgan fingerprint density at radius 3 is 0.778 bits per heavy atom. The van der Waals surface area contributed by atoms with E-state index >= 15 is 0 Å². The second-order valence-corrected chi connectivity index (χ2v) is 2.41. The molecule has 0 nitrogen and oxygen atoms in total. The first-order chi connectivity index (χ1) is 3.46. The molecule has 0 heterocycles. The summed E-state index contributed by atoms with van der Waals surface area (Å²) in [5.74, 6) is 0. The summed E-state index contributed by atoms with van der Waals surface area (Å²) in [4.78, 5) is 0. The van der Waals surface area contributed by atoms with Crippen molar-refractivity contribution in [1.82, 2.24) is 0 Å². The van der Waals surface area contributed by atoms with Crippen LogP contribution in [0.5, 0.6) is 0 Å². The number of allylic oxidation sites excluding steroid dienone is 2.